The Morgan fingerprint density at radius 3 is 2.76 bits per heavy atom. The molecule has 0 aliphatic carbocycles. The number of hydrogen-bond acceptors (Lipinski definition) is 5. The fourth-order valence-corrected chi connectivity index (χ4v) is 1.54. The number of anilines is 1. The lowest BCUT2D eigenvalue weighted by molar-refractivity contribution is 0.413. The maximum atomic E-state index is 8.98. The molecule has 0 atom stereocenters. The highest BCUT2D eigenvalue weighted by Gasteiger charge is 2.11. The third-order valence-electron chi connectivity index (χ3n) is 2.43. The van der Waals surface area contributed by atoms with Crippen LogP contribution in [0.15, 0.2) is 24.5 Å². The summed E-state index contributed by atoms with van der Waals surface area (Å²) in [5.41, 5.74) is 7.46. The van der Waals surface area contributed by atoms with Crippen molar-refractivity contribution >= 4 is 5.82 Å². The summed E-state index contributed by atoms with van der Waals surface area (Å²) in [5.74, 6) is 6.41. The number of imidazole rings is 1. The minimum absolute atomic E-state index is 0.346. The van der Waals surface area contributed by atoms with Crippen LogP contribution in [-0.4, -0.2) is 16.8 Å². The highest BCUT2D eigenvalue weighted by molar-refractivity contribution is 5.72. The van der Waals surface area contributed by atoms with Crippen LogP contribution >= 0.6 is 0 Å². The van der Waals surface area contributed by atoms with Gasteiger partial charge in [-0.25, -0.2) is 9.66 Å². The molecule has 0 saturated carbocycles. The Labute approximate surface area is 98.0 Å². The molecule has 6 heteroatoms. The van der Waals surface area contributed by atoms with E-state index in [1.54, 1.807) is 18.2 Å². The smallest absolute Gasteiger partial charge is 0.150 e. The summed E-state index contributed by atoms with van der Waals surface area (Å²) in [6.07, 6.45) is 1.42. The van der Waals surface area contributed by atoms with Crippen LogP contribution in [-0.2, 0) is 0 Å². The molecule has 0 aliphatic rings. The molecule has 0 saturated heterocycles. The molecule has 17 heavy (non-hydrogen) atoms. The second-order valence-corrected chi connectivity index (χ2v) is 3.41. The van der Waals surface area contributed by atoms with E-state index in [9.17, 15) is 0 Å². The normalized spacial score (nSPS) is 9.88. The fraction of sp³-hybridized carbons (Fsp3) is 0.0909. The standard InChI is InChI=1S/C11H11N5O/c1-17-9-3-2-7(4-8(9)5-12)10-11(13)16(14)6-15-10/h2-4,6H,13-14H2,1H3. The molecule has 1 heterocycles. The van der Waals surface area contributed by atoms with Gasteiger partial charge in [0.2, 0.25) is 0 Å². The number of nitrogens with two attached hydrogens (primary N) is 2. The van der Waals surface area contributed by atoms with E-state index in [0.29, 0.717) is 22.8 Å². The first-order chi connectivity index (χ1) is 8.17. The van der Waals surface area contributed by atoms with Gasteiger partial charge in [0.25, 0.3) is 0 Å². The monoisotopic (exact) mass is 229 g/mol. The Bertz CT molecular complexity index is 596. The predicted molar refractivity (Wildman–Crippen MR) is 63.5 cm³/mol. The van der Waals surface area contributed by atoms with Crippen LogP contribution in [0.5, 0.6) is 5.75 Å². The number of nitriles is 1. The second-order valence-electron chi connectivity index (χ2n) is 3.41. The second kappa shape index (κ2) is 4.06. The summed E-state index contributed by atoms with van der Waals surface area (Å²) >= 11 is 0. The number of nitrogens with zero attached hydrogens (tertiary/aromatic N) is 3. The Morgan fingerprint density at radius 1 is 1.47 bits per heavy atom. The Balaban J connectivity index is 2.55. The van der Waals surface area contributed by atoms with Crippen LogP contribution in [0.4, 0.5) is 5.82 Å². The molecule has 0 unspecified atom stereocenters. The zero-order chi connectivity index (χ0) is 12.4. The van der Waals surface area contributed by atoms with Crippen molar-refractivity contribution < 1.29 is 4.74 Å². The van der Waals surface area contributed by atoms with Crippen molar-refractivity contribution in [3.63, 3.8) is 0 Å². The molecule has 0 amide bonds. The summed E-state index contributed by atoms with van der Waals surface area (Å²) in [4.78, 5) is 4.08. The quantitative estimate of drug-likeness (QED) is 0.739. The van der Waals surface area contributed by atoms with E-state index in [-0.39, 0.29) is 0 Å². The predicted octanol–water partition coefficient (Wildman–Crippen LogP) is 0.726. The van der Waals surface area contributed by atoms with Gasteiger partial charge in [-0.15, -0.1) is 0 Å². The molecule has 86 valence electrons. The molecule has 0 fully saturated rings. The molecule has 0 bridgehead atoms. The molecule has 4 N–H and O–H groups in total. The molecule has 0 aliphatic heterocycles. The molecule has 0 radical (unpaired) electrons. The molecule has 1 aromatic carbocycles. The lowest BCUT2D eigenvalue weighted by Crippen LogP contribution is -2.10. The van der Waals surface area contributed by atoms with Crippen molar-refractivity contribution in [2.45, 2.75) is 0 Å². The van der Waals surface area contributed by atoms with E-state index in [1.807, 2.05) is 0 Å². The highest BCUT2D eigenvalue weighted by Crippen LogP contribution is 2.27. The third kappa shape index (κ3) is 1.74. The zero-order valence-corrected chi connectivity index (χ0v) is 9.21. The van der Waals surface area contributed by atoms with Crippen LogP contribution in [0.2, 0.25) is 0 Å². The molecule has 0 spiro atoms. The van der Waals surface area contributed by atoms with Gasteiger partial charge in [-0.3, -0.25) is 0 Å². The van der Waals surface area contributed by atoms with Gasteiger partial charge >= 0.3 is 0 Å². The first-order valence-corrected chi connectivity index (χ1v) is 4.83. The van der Waals surface area contributed by atoms with Crippen LogP contribution in [0.3, 0.4) is 0 Å². The Hall–Kier alpha value is -2.68. The van der Waals surface area contributed by atoms with Crippen LogP contribution in [0, 0.1) is 11.3 Å². The van der Waals surface area contributed by atoms with Crippen LogP contribution in [0.1, 0.15) is 5.56 Å². The fourth-order valence-electron chi connectivity index (χ4n) is 1.54. The largest absolute Gasteiger partial charge is 0.495 e. The van der Waals surface area contributed by atoms with Crippen LogP contribution < -0.4 is 16.3 Å². The van der Waals surface area contributed by atoms with Crippen LogP contribution in [0.25, 0.3) is 11.3 Å². The minimum atomic E-state index is 0.346. The molecular formula is C11H11N5O. The van der Waals surface area contributed by atoms with Crippen molar-refractivity contribution in [3.05, 3.63) is 30.1 Å². The molecular weight excluding hydrogens is 218 g/mol. The van der Waals surface area contributed by atoms with Gasteiger partial charge in [0.1, 0.15) is 29.7 Å². The maximum absolute atomic E-state index is 8.98. The molecule has 6 nitrogen and oxygen atoms in total. The van der Waals surface area contributed by atoms with Gasteiger partial charge in [-0.05, 0) is 18.2 Å². The van der Waals surface area contributed by atoms with Gasteiger partial charge in [0.15, 0.2) is 0 Å². The van der Waals surface area contributed by atoms with Gasteiger partial charge in [-0.2, -0.15) is 5.26 Å². The molecule has 2 rings (SSSR count). The van der Waals surface area contributed by atoms with Crippen molar-refractivity contribution in [3.8, 4) is 23.1 Å². The molecule has 2 aromatic rings. The van der Waals surface area contributed by atoms with E-state index >= 15 is 0 Å². The summed E-state index contributed by atoms with van der Waals surface area (Å²) in [6, 6.07) is 7.19. The first kappa shape index (κ1) is 10.8. The van der Waals surface area contributed by atoms with Crippen molar-refractivity contribution in [1.82, 2.24) is 9.66 Å². The lowest BCUT2D eigenvalue weighted by atomic mass is 10.1. The SMILES string of the molecule is COc1ccc(-c2ncn(N)c2N)cc1C#N. The van der Waals surface area contributed by atoms with E-state index < -0.39 is 0 Å². The highest BCUT2D eigenvalue weighted by atomic mass is 16.5. The van der Waals surface area contributed by atoms with Gasteiger partial charge in [-0.1, -0.05) is 0 Å². The topological polar surface area (TPSA) is 103 Å². The molecule has 1 aromatic heterocycles. The van der Waals surface area contributed by atoms with Gasteiger partial charge < -0.3 is 16.3 Å². The summed E-state index contributed by atoms with van der Waals surface area (Å²) in [6.45, 7) is 0. The van der Waals surface area contributed by atoms with E-state index in [0.717, 1.165) is 5.56 Å². The number of aromatic nitrogens is 2. The summed E-state index contributed by atoms with van der Waals surface area (Å²) in [5, 5.41) is 8.98. The zero-order valence-electron chi connectivity index (χ0n) is 9.21. The van der Waals surface area contributed by atoms with Crippen molar-refractivity contribution in [1.29, 1.82) is 5.26 Å². The van der Waals surface area contributed by atoms with Crippen molar-refractivity contribution in [2.24, 2.45) is 0 Å². The number of benzene rings is 1. The average Bonchev–Trinajstić information content (AvgIpc) is 2.69. The average molecular weight is 229 g/mol. The number of methoxy groups -OCH3 is 1. The summed E-state index contributed by atoms with van der Waals surface area (Å²) < 4.78 is 6.29. The third-order valence-corrected chi connectivity index (χ3v) is 2.43. The van der Waals surface area contributed by atoms with Crippen molar-refractivity contribution in [2.75, 3.05) is 18.7 Å². The maximum Gasteiger partial charge on any atom is 0.150 e. The lowest BCUT2D eigenvalue weighted by Gasteiger charge is -2.05. The Kier molecular flexibility index (Phi) is 2.58. The van der Waals surface area contributed by atoms with E-state index in [4.69, 9.17) is 21.6 Å². The number of ether oxygens (including phenoxy) is 1. The Morgan fingerprint density at radius 2 is 2.24 bits per heavy atom. The van der Waals surface area contributed by atoms with E-state index in [1.165, 1.54) is 18.1 Å². The van der Waals surface area contributed by atoms with Gasteiger partial charge in [0.05, 0.1) is 12.7 Å². The number of nitrogen functional groups attached to an aromatic ring is 2. The minimum Gasteiger partial charge on any atom is -0.495 e. The summed E-state index contributed by atoms with van der Waals surface area (Å²) in [7, 11) is 1.51. The first-order valence-electron chi connectivity index (χ1n) is 4.83. The van der Waals surface area contributed by atoms with Gasteiger partial charge in [0, 0.05) is 5.56 Å². The van der Waals surface area contributed by atoms with E-state index in [2.05, 4.69) is 11.1 Å². The number of hydrogen-bond donors (Lipinski definition) is 2. The number of rotatable bonds is 2.